The van der Waals surface area contributed by atoms with E-state index < -0.39 is 5.97 Å². The van der Waals surface area contributed by atoms with E-state index >= 15 is 0 Å². The van der Waals surface area contributed by atoms with Gasteiger partial charge in [0, 0.05) is 19.0 Å². The third-order valence-corrected chi connectivity index (χ3v) is 5.06. The summed E-state index contributed by atoms with van der Waals surface area (Å²) in [6, 6.07) is 0. The first-order chi connectivity index (χ1) is 9.86. The fourth-order valence-electron chi connectivity index (χ4n) is 2.52. The summed E-state index contributed by atoms with van der Waals surface area (Å²) in [6.45, 7) is 7.59. The number of ether oxygens (including phenoxy) is 1. The van der Waals surface area contributed by atoms with Crippen LogP contribution in [-0.4, -0.2) is 32.0 Å². The van der Waals surface area contributed by atoms with Crippen LogP contribution in [0.25, 0.3) is 0 Å². The number of hydrogen-bond donors (Lipinski definition) is 1. The molecule has 0 radical (unpaired) electrons. The van der Waals surface area contributed by atoms with Crippen LogP contribution in [0, 0.1) is 11.8 Å². The molecule has 1 aliphatic heterocycles. The van der Waals surface area contributed by atoms with Crippen molar-refractivity contribution in [3.8, 4) is 0 Å². The summed E-state index contributed by atoms with van der Waals surface area (Å²) in [5.41, 5.74) is 6.70. The van der Waals surface area contributed by atoms with Crippen molar-refractivity contribution in [2.75, 3.05) is 30.8 Å². The van der Waals surface area contributed by atoms with Crippen LogP contribution < -0.4 is 10.6 Å². The molecule has 21 heavy (non-hydrogen) atoms. The van der Waals surface area contributed by atoms with Gasteiger partial charge in [-0.3, -0.25) is 4.79 Å². The van der Waals surface area contributed by atoms with E-state index in [1.165, 1.54) is 18.4 Å². The lowest BCUT2D eigenvalue weighted by atomic mass is 10.1. The van der Waals surface area contributed by atoms with Gasteiger partial charge in [0.1, 0.15) is 10.6 Å². The van der Waals surface area contributed by atoms with Crippen LogP contribution in [0.1, 0.15) is 47.2 Å². The number of thiophene rings is 1. The first kappa shape index (κ1) is 15.8. The quantitative estimate of drug-likeness (QED) is 0.684. The number of rotatable bonds is 4. The monoisotopic (exact) mass is 310 g/mol. The Kier molecular flexibility index (Phi) is 4.56. The van der Waals surface area contributed by atoms with Crippen molar-refractivity contribution >= 4 is 33.8 Å². The molecule has 2 heterocycles. The van der Waals surface area contributed by atoms with Crippen LogP contribution in [-0.2, 0) is 4.74 Å². The summed E-state index contributed by atoms with van der Waals surface area (Å²) in [4.78, 5) is 27.0. The van der Waals surface area contributed by atoms with Crippen molar-refractivity contribution < 1.29 is 14.3 Å². The number of nitrogens with zero attached hydrogens (tertiary/aromatic N) is 1. The number of Topliss-reactive ketones (excluding diaryl/α,β-unsaturated/α-hetero) is 1. The van der Waals surface area contributed by atoms with Crippen LogP contribution in [0.3, 0.4) is 0 Å². The van der Waals surface area contributed by atoms with Gasteiger partial charge in [-0.25, -0.2) is 4.79 Å². The summed E-state index contributed by atoms with van der Waals surface area (Å²) >= 11 is 1.32. The minimum absolute atomic E-state index is 0.0267. The van der Waals surface area contributed by atoms with Gasteiger partial charge < -0.3 is 15.4 Å². The normalized spacial score (nSPS) is 18.3. The Balaban J connectivity index is 2.50. The minimum atomic E-state index is -0.471. The van der Waals surface area contributed by atoms with E-state index in [-0.39, 0.29) is 17.4 Å². The van der Waals surface area contributed by atoms with Crippen molar-refractivity contribution in [1.29, 1.82) is 0 Å². The van der Waals surface area contributed by atoms with Crippen molar-refractivity contribution in [2.45, 2.75) is 27.2 Å². The maximum Gasteiger partial charge on any atom is 0.343 e. The molecule has 0 amide bonds. The third-order valence-electron chi connectivity index (χ3n) is 3.78. The summed E-state index contributed by atoms with van der Waals surface area (Å²) in [6.07, 6.45) is 1.08. The lowest BCUT2D eigenvalue weighted by Crippen LogP contribution is -2.20. The molecule has 1 aliphatic rings. The van der Waals surface area contributed by atoms with Gasteiger partial charge in [0.2, 0.25) is 0 Å². The van der Waals surface area contributed by atoms with Crippen molar-refractivity contribution in [3.05, 3.63) is 10.4 Å². The van der Waals surface area contributed by atoms with E-state index in [4.69, 9.17) is 10.5 Å². The maximum atomic E-state index is 12.3. The zero-order chi connectivity index (χ0) is 15.7. The number of ketones is 1. The van der Waals surface area contributed by atoms with Crippen LogP contribution >= 0.6 is 11.3 Å². The molecule has 116 valence electrons. The molecule has 2 N–H and O–H groups in total. The number of carbonyl (C=O) groups is 2. The highest BCUT2D eigenvalue weighted by atomic mass is 32.1. The van der Waals surface area contributed by atoms with Gasteiger partial charge in [0.15, 0.2) is 5.78 Å². The lowest BCUT2D eigenvalue weighted by molar-refractivity contribution is 0.0603. The van der Waals surface area contributed by atoms with Crippen molar-refractivity contribution in [2.24, 2.45) is 11.8 Å². The first-order valence-electron chi connectivity index (χ1n) is 7.16. The summed E-state index contributed by atoms with van der Waals surface area (Å²) in [5, 5.41) is 0.771. The van der Waals surface area contributed by atoms with E-state index in [9.17, 15) is 9.59 Å². The Morgan fingerprint density at radius 2 is 2.10 bits per heavy atom. The standard InChI is InChI=1S/C15H22N2O3S/c1-8(2)12(18)13-11(16)10(15(19)20-4)14(21-13)17-6-5-9(3)7-17/h8-9H,5-7,16H2,1-4H3. The predicted molar refractivity (Wildman–Crippen MR) is 85.2 cm³/mol. The van der Waals surface area contributed by atoms with Crippen molar-refractivity contribution in [1.82, 2.24) is 0 Å². The first-order valence-corrected chi connectivity index (χ1v) is 7.98. The zero-order valence-corrected chi connectivity index (χ0v) is 13.8. The zero-order valence-electron chi connectivity index (χ0n) is 12.9. The number of methoxy groups -OCH3 is 1. The second kappa shape index (κ2) is 6.05. The SMILES string of the molecule is COC(=O)c1c(N2CCC(C)C2)sc(C(=O)C(C)C)c1N. The Labute approximate surface area is 129 Å². The molecule has 1 fully saturated rings. The van der Waals surface area contributed by atoms with Gasteiger partial charge in [-0.15, -0.1) is 11.3 Å². The minimum Gasteiger partial charge on any atom is -0.465 e. The lowest BCUT2D eigenvalue weighted by Gasteiger charge is -2.17. The number of nitrogens with two attached hydrogens (primary N) is 1. The highest BCUT2D eigenvalue weighted by Gasteiger charge is 2.31. The average Bonchev–Trinajstić information content (AvgIpc) is 3.00. The van der Waals surface area contributed by atoms with E-state index in [0.717, 1.165) is 24.5 Å². The molecule has 6 heteroatoms. The van der Waals surface area contributed by atoms with Gasteiger partial charge in [0.25, 0.3) is 0 Å². The van der Waals surface area contributed by atoms with E-state index in [0.29, 0.717) is 16.4 Å². The molecule has 1 aromatic rings. The van der Waals surface area contributed by atoms with Gasteiger partial charge in [0.05, 0.1) is 17.7 Å². The second-order valence-electron chi connectivity index (χ2n) is 5.88. The van der Waals surface area contributed by atoms with Crippen LogP contribution in [0.2, 0.25) is 0 Å². The molecule has 0 bridgehead atoms. The molecule has 1 atom stereocenters. The number of nitrogen functional groups attached to an aromatic ring is 1. The summed E-state index contributed by atoms with van der Waals surface area (Å²) < 4.78 is 4.85. The van der Waals surface area contributed by atoms with E-state index in [1.54, 1.807) is 0 Å². The molecular weight excluding hydrogens is 288 g/mol. The second-order valence-corrected chi connectivity index (χ2v) is 6.87. The van der Waals surface area contributed by atoms with Crippen molar-refractivity contribution in [3.63, 3.8) is 0 Å². The third kappa shape index (κ3) is 2.90. The fourth-order valence-corrected chi connectivity index (χ4v) is 3.85. The van der Waals surface area contributed by atoms with E-state index in [2.05, 4.69) is 11.8 Å². The summed E-state index contributed by atoms with van der Waals surface area (Å²) in [5.74, 6) is -0.0767. The number of esters is 1. The van der Waals surface area contributed by atoms with Crippen LogP contribution in [0.4, 0.5) is 10.7 Å². The van der Waals surface area contributed by atoms with Gasteiger partial charge in [-0.1, -0.05) is 20.8 Å². The molecule has 5 nitrogen and oxygen atoms in total. The molecule has 0 aromatic carbocycles. The Bertz CT molecular complexity index is 566. The molecule has 0 saturated carbocycles. The van der Waals surface area contributed by atoms with Crippen LogP contribution in [0.5, 0.6) is 0 Å². The number of hydrogen-bond acceptors (Lipinski definition) is 6. The summed E-state index contributed by atoms with van der Waals surface area (Å²) in [7, 11) is 1.33. The number of carbonyl (C=O) groups excluding carboxylic acids is 2. The van der Waals surface area contributed by atoms with E-state index in [1.807, 2.05) is 13.8 Å². The molecule has 0 aliphatic carbocycles. The van der Waals surface area contributed by atoms with Gasteiger partial charge in [-0.05, 0) is 12.3 Å². The molecule has 2 rings (SSSR count). The molecule has 0 spiro atoms. The highest BCUT2D eigenvalue weighted by Crippen LogP contribution is 2.41. The molecule has 1 unspecified atom stereocenters. The van der Waals surface area contributed by atoms with Gasteiger partial charge in [-0.2, -0.15) is 0 Å². The average molecular weight is 310 g/mol. The fraction of sp³-hybridized carbons (Fsp3) is 0.600. The Hall–Kier alpha value is -1.56. The largest absolute Gasteiger partial charge is 0.465 e. The van der Waals surface area contributed by atoms with Gasteiger partial charge >= 0.3 is 5.97 Å². The van der Waals surface area contributed by atoms with Crippen LogP contribution in [0.15, 0.2) is 0 Å². The Morgan fingerprint density at radius 1 is 1.43 bits per heavy atom. The highest BCUT2D eigenvalue weighted by molar-refractivity contribution is 7.19. The topological polar surface area (TPSA) is 72.6 Å². The molecular formula is C15H22N2O3S. The predicted octanol–water partition coefficient (Wildman–Crippen LogP) is 2.80. The smallest absolute Gasteiger partial charge is 0.343 e. The maximum absolute atomic E-state index is 12.3. The molecule has 1 saturated heterocycles. The number of anilines is 2. The Morgan fingerprint density at radius 3 is 2.57 bits per heavy atom. The molecule has 1 aromatic heterocycles.